The molecule has 4 nitrogen and oxygen atoms in total. The van der Waals surface area contributed by atoms with Gasteiger partial charge in [0.1, 0.15) is 0 Å². The summed E-state index contributed by atoms with van der Waals surface area (Å²) in [4.78, 5) is 34.0. The van der Waals surface area contributed by atoms with E-state index in [0.29, 0.717) is 35.9 Å². The van der Waals surface area contributed by atoms with Crippen LogP contribution in [-0.4, -0.2) is 22.3 Å². The first-order valence-electron chi connectivity index (χ1n) is 14.1. The highest BCUT2D eigenvalue weighted by atomic mass is 32.1. The van der Waals surface area contributed by atoms with Crippen molar-refractivity contribution in [2.75, 3.05) is 6.54 Å². The number of aromatic amines is 1. The number of hydrogen-bond donors (Lipinski definition) is 1. The van der Waals surface area contributed by atoms with Crippen LogP contribution < -0.4 is 5.56 Å². The van der Waals surface area contributed by atoms with E-state index in [1.807, 2.05) is 36.2 Å². The predicted molar refractivity (Wildman–Crippen MR) is 151 cm³/mol. The molecule has 36 heavy (non-hydrogen) atoms. The van der Waals surface area contributed by atoms with E-state index in [1.165, 1.54) is 53.8 Å². The highest BCUT2D eigenvalue weighted by molar-refractivity contribution is 7.12. The third kappa shape index (κ3) is 5.98. The van der Waals surface area contributed by atoms with Crippen LogP contribution in [0.15, 0.2) is 10.9 Å². The second kappa shape index (κ2) is 10.8. The highest BCUT2D eigenvalue weighted by Crippen LogP contribution is 2.44. The van der Waals surface area contributed by atoms with E-state index in [-0.39, 0.29) is 11.5 Å². The van der Waals surface area contributed by atoms with Gasteiger partial charge in [-0.3, -0.25) is 9.59 Å². The maximum atomic E-state index is 13.8. The summed E-state index contributed by atoms with van der Waals surface area (Å²) in [5, 5.41) is 0. The lowest BCUT2D eigenvalue weighted by Crippen LogP contribution is -2.33. The molecule has 1 amide bonds. The van der Waals surface area contributed by atoms with E-state index in [1.54, 1.807) is 0 Å². The zero-order chi connectivity index (χ0) is 26.2. The van der Waals surface area contributed by atoms with Gasteiger partial charge in [-0.1, -0.05) is 47.0 Å². The molecule has 2 aromatic rings. The second-order valence-corrected chi connectivity index (χ2v) is 14.0. The van der Waals surface area contributed by atoms with Crippen molar-refractivity contribution in [3.8, 4) is 0 Å². The number of hydrogen-bond acceptors (Lipinski definition) is 3. The first-order chi connectivity index (χ1) is 16.9. The molecule has 0 bridgehead atoms. The Morgan fingerprint density at radius 1 is 1.08 bits per heavy atom. The van der Waals surface area contributed by atoms with Gasteiger partial charge in [0.05, 0.1) is 12.1 Å². The van der Waals surface area contributed by atoms with Crippen LogP contribution in [-0.2, 0) is 13.0 Å². The van der Waals surface area contributed by atoms with Gasteiger partial charge in [-0.15, -0.1) is 11.3 Å². The molecule has 1 saturated carbocycles. The Hall–Kier alpha value is -1.88. The fourth-order valence-electron chi connectivity index (χ4n) is 6.78. The molecule has 3 atom stereocenters. The largest absolute Gasteiger partial charge is 0.334 e. The summed E-state index contributed by atoms with van der Waals surface area (Å²) in [5.41, 5.74) is 5.00. The minimum atomic E-state index is -0.0701. The van der Waals surface area contributed by atoms with E-state index in [4.69, 9.17) is 0 Å². The molecule has 0 radical (unpaired) electrons. The molecule has 3 heterocycles. The van der Waals surface area contributed by atoms with Gasteiger partial charge >= 0.3 is 0 Å². The van der Waals surface area contributed by atoms with Gasteiger partial charge in [-0.05, 0) is 93.2 Å². The Kier molecular flexibility index (Phi) is 8.19. The summed E-state index contributed by atoms with van der Waals surface area (Å²) < 4.78 is 0. The number of aryl methyl sites for hydroxylation is 3. The molecule has 0 saturated heterocycles. The molecule has 1 fully saturated rings. The number of H-pyrrole nitrogens is 1. The Bertz CT molecular complexity index is 1150. The van der Waals surface area contributed by atoms with Crippen LogP contribution in [0.1, 0.15) is 121 Å². The minimum absolute atomic E-state index is 0.0701. The van der Waals surface area contributed by atoms with Crippen LogP contribution in [0.5, 0.6) is 0 Å². The van der Waals surface area contributed by atoms with E-state index >= 15 is 0 Å². The maximum Gasteiger partial charge on any atom is 0.255 e. The fourth-order valence-corrected chi connectivity index (χ4v) is 8.27. The quantitative estimate of drug-likeness (QED) is 0.419. The molecular formula is C31H46N2O2S. The molecule has 2 aliphatic rings. The van der Waals surface area contributed by atoms with E-state index in [9.17, 15) is 9.59 Å². The average Bonchev–Trinajstić information content (AvgIpc) is 2.90. The maximum absolute atomic E-state index is 13.8. The summed E-state index contributed by atoms with van der Waals surface area (Å²) >= 11 is 1.90. The van der Waals surface area contributed by atoms with Crippen molar-refractivity contribution >= 4 is 17.2 Å². The van der Waals surface area contributed by atoms with Crippen LogP contribution in [0.3, 0.4) is 0 Å². The van der Waals surface area contributed by atoms with Crippen molar-refractivity contribution in [2.45, 2.75) is 112 Å². The monoisotopic (exact) mass is 510 g/mol. The first kappa shape index (κ1) is 27.2. The molecule has 4 rings (SSSR count). The number of carbonyl (C=O) groups excluding carboxylic acids is 1. The number of amides is 1. The van der Waals surface area contributed by atoms with Crippen molar-refractivity contribution in [3.05, 3.63) is 54.1 Å². The Labute approximate surface area is 221 Å². The third-order valence-corrected chi connectivity index (χ3v) is 10.1. The van der Waals surface area contributed by atoms with Gasteiger partial charge in [0.15, 0.2) is 0 Å². The summed E-state index contributed by atoms with van der Waals surface area (Å²) in [7, 11) is 0. The molecule has 5 heteroatoms. The average molecular weight is 511 g/mol. The SMILES string of the molecule is Cc1cc(C)c(CN2CCCc3sc([C@H](C)C4CCCC(CC(C)(C)C)CC4)c(C)c3C2=O)c(=O)[nH]1. The van der Waals surface area contributed by atoms with Gasteiger partial charge in [0.2, 0.25) is 0 Å². The van der Waals surface area contributed by atoms with Crippen LogP contribution in [0, 0.1) is 38.0 Å². The summed E-state index contributed by atoms with van der Waals surface area (Å²) in [6.07, 6.45) is 9.88. The molecule has 1 N–H and O–H groups in total. The molecular weight excluding hydrogens is 464 g/mol. The van der Waals surface area contributed by atoms with E-state index in [2.05, 4.69) is 39.6 Å². The molecule has 1 aliphatic heterocycles. The molecule has 2 unspecified atom stereocenters. The number of nitrogens with zero attached hydrogens (tertiary/aromatic N) is 1. The molecule has 1 aliphatic carbocycles. The number of rotatable bonds is 5. The zero-order valence-corrected chi connectivity index (χ0v) is 24.4. The number of carbonyl (C=O) groups is 1. The molecule has 0 aromatic carbocycles. The molecule has 198 valence electrons. The normalized spacial score (nSPS) is 22.2. The van der Waals surface area contributed by atoms with Gasteiger partial charge in [0, 0.05) is 27.6 Å². The lowest BCUT2D eigenvalue weighted by Gasteiger charge is -2.26. The zero-order valence-electron chi connectivity index (χ0n) is 23.6. The minimum Gasteiger partial charge on any atom is -0.334 e. The van der Waals surface area contributed by atoms with E-state index in [0.717, 1.165) is 35.6 Å². The van der Waals surface area contributed by atoms with Crippen LogP contribution in [0.25, 0.3) is 0 Å². The van der Waals surface area contributed by atoms with Gasteiger partial charge in [0.25, 0.3) is 11.5 Å². The number of fused-ring (bicyclic) bond motifs is 1. The lowest BCUT2D eigenvalue weighted by atomic mass is 9.80. The third-order valence-electron chi connectivity index (χ3n) is 8.59. The smallest absolute Gasteiger partial charge is 0.255 e. The second-order valence-electron chi connectivity index (χ2n) is 12.9. The first-order valence-corrected chi connectivity index (χ1v) is 14.9. The Balaban J connectivity index is 1.53. The number of nitrogens with one attached hydrogen (secondary N) is 1. The van der Waals surface area contributed by atoms with Crippen molar-refractivity contribution in [1.82, 2.24) is 9.88 Å². The van der Waals surface area contributed by atoms with Gasteiger partial charge < -0.3 is 9.88 Å². The fraction of sp³-hybridized carbons (Fsp3) is 0.677. The molecule has 0 spiro atoms. The van der Waals surface area contributed by atoms with Crippen molar-refractivity contribution in [3.63, 3.8) is 0 Å². The Morgan fingerprint density at radius 2 is 1.83 bits per heavy atom. The van der Waals surface area contributed by atoms with Gasteiger partial charge in [-0.25, -0.2) is 0 Å². The molecule has 2 aromatic heterocycles. The number of thiophene rings is 1. The Morgan fingerprint density at radius 3 is 2.53 bits per heavy atom. The van der Waals surface area contributed by atoms with Crippen LogP contribution in [0.4, 0.5) is 0 Å². The van der Waals surface area contributed by atoms with Crippen molar-refractivity contribution in [2.24, 2.45) is 17.3 Å². The summed E-state index contributed by atoms with van der Waals surface area (Å²) in [6, 6.07) is 2.00. The van der Waals surface area contributed by atoms with Crippen LogP contribution in [0.2, 0.25) is 0 Å². The standard InChI is InChI=1S/C31H46N2O2S/c1-19-16-20(2)32-29(34)25(19)18-33-15-9-12-26-27(30(33)35)22(4)28(36-26)21(3)24-11-8-10-23(13-14-24)17-31(5,6)7/h16,21,23-24H,8-15,17-18H2,1-7H3,(H,32,34)/t21-,23?,24?/m1/s1. The van der Waals surface area contributed by atoms with Gasteiger partial charge in [-0.2, -0.15) is 0 Å². The number of aromatic nitrogens is 1. The lowest BCUT2D eigenvalue weighted by molar-refractivity contribution is 0.0747. The predicted octanol–water partition coefficient (Wildman–Crippen LogP) is 7.69. The van der Waals surface area contributed by atoms with E-state index < -0.39 is 0 Å². The van der Waals surface area contributed by atoms with Crippen molar-refractivity contribution in [1.29, 1.82) is 0 Å². The highest BCUT2D eigenvalue weighted by Gasteiger charge is 2.33. The van der Waals surface area contributed by atoms with Crippen molar-refractivity contribution < 1.29 is 4.79 Å². The summed E-state index contributed by atoms with van der Waals surface area (Å²) in [5.74, 6) is 2.17. The summed E-state index contributed by atoms with van der Waals surface area (Å²) in [6.45, 7) is 16.7. The number of pyridine rings is 1. The van der Waals surface area contributed by atoms with Crippen LogP contribution >= 0.6 is 11.3 Å². The topological polar surface area (TPSA) is 53.2 Å².